The Labute approximate surface area is 138 Å². The van der Waals surface area contributed by atoms with E-state index in [0.717, 1.165) is 24.3 Å². The van der Waals surface area contributed by atoms with Crippen molar-refractivity contribution >= 4 is 17.5 Å². The summed E-state index contributed by atoms with van der Waals surface area (Å²) < 4.78 is 5.10. The molecule has 1 saturated heterocycles. The summed E-state index contributed by atoms with van der Waals surface area (Å²) in [6.45, 7) is 5.44. The van der Waals surface area contributed by atoms with Gasteiger partial charge < -0.3 is 15.0 Å². The Hall–Kier alpha value is -2.04. The third kappa shape index (κ3) is 4.98. The number of carbonyl (C=O) groups is 2. The second-order valence-electron chi connectivity index (χ2n) is 6.47. The third-order valence-electron chi connectivity index (χ3n) is 4.16. The van der Waals surface area contributed by atoms with Crippen LogP contribution in [0, 0.1) is 11.8 Å². The van der Waals surface area contributed by atoms with E-state index < -0.39 is 0 Å². The lowest BCUT2D eigenvalue weighted by Crippen LogP contribution is -2.41. The Morgan fingerprint density at radius 3 is 2.35 bits per heavy atom. The summed E-state index contributed by atoms with van der Waals surface area (Å²) in [5.74, 6) is 1.35. The van der Waals surface area contributed by atoms with E-state index in [2.05, 4.69) is 5.32 Å². The fourth-order valence-corrected chi connectivity index (χ4v) is 2.79. The molecule has 2 rings (SSSR count). The number of hydrogen-bond donors (Lipinski definition) is 1. The summed E-state index contributed by atoms with van der Waals surface area (Å²) in [6.07, 6.45) is 2.04. The van der Waals surface area contributed by atoms with E-state index in [9.17, 15) is 9.59 Å². The molecular formula is C18H26N2O3. The summed E-state index contributed by atoms with van der Waals surface area (Å²) >= 11 is 0. The molecule has 2 amide bonds. The van der Waals surface area contributed by atoms with Crippen LogP contribution in [0.5, 0.6) is 5.75 Å². The van der Waals surface area contributed by atoms with Crippen molar-refractivity contribution < 1.29 is 14.3 Å². The number of anilines is 1. The average molecular weight is 318 g/mol. The highest BCUT2D eigenvalue weighted by atomic mass is 16.5. The molecule has 1 fully saturated rings. The molecule has 0 spiro atoms. The summed E-state index contributed by atoms with van der Waals surface area (Å²) in [7, 11) is 1.61. The molecule has 0 saturated carbocycles. The number of ether oxygens (including phenoxy) is 1. The Balaban J connectivity index is 1.82. The number of amides is 2. The highest BCUT2D eigenvalue weighted by Gasteiger charge is 2.27. The van der Waals surface area contributed by atoms with Gasteiger partial charge in [-0.05, 0) is 43.0 Å². The largest absolute Gasteiger partial charge is 0.497 e. The number of hydrogen-bond acceptors (Lipinski definition) is 3. The number of rotatable bonds is 5. The molecule has 0 aromatic heterocycles. The van der Waals surface area contributed by atoms with Crippen LogP contribution in [0.15, 0.2) is 24.3 Å². The molecule has 0 radical (unpaired) electrons. The van der Waals surface area contributed by atoms with E-state index in [1.165, 1.54) is 0 Å². The topological polar surface area (TPSA) is 58.6 Å². The highest BCUT2D eigenvalue weighted by Crippen LogP contribution is 2.21. The Morgan fingerprint density at radius 1 is 1.22 bits per heavy atom. The average Bonchev–Trinajstić information content (AvgIpc) is 2.55. The molecule has 126 valence electrons. The SMILES string of the molecule is COc1ccc(NC(=O)C2CCN(C(=O)CC(C)C)CC2)cc1. The third-order valence-corrected chi connectivity index (χ3v) is 4.16. The normalized spacial score (nSPS) is 15.6. The molecule has 5 heteroatoms. The van der Waals surface area contributed by atoms with Crippen molar-refractivity contribution in [3.63, 3.8) is 0 Å². The first-order valence-electron chi connectivity index (χ1n) is 8.22. The first-order valence-corrected chi connectivity index (χ1v) is 8.22. The molecule has 0 bridgehead atoms. The minimum absolute atomic E-state index is 0.0276. The summed E-state index contributed by atoms with van der Waals surface area (Å²) in [5.41, 5.74) is 0.772. The molecule has 1 heterocycles. The molecule has 23 heavy (non-hydrogen) atoms. The van der Waals surface area contributed by atoms with Gasteiger partial charge in [-0.2, -0.15) is 0 Å². The number of nitrogens with one attached hydrogen (secondary N) is 1. The summed E-state index contributed by atoms with van der Waals surface area (Å²) in [5, 5.41) is 2.94. The zero-order valence-corrected chi connectivity index (χ0v) is 14.2. The van der Waals surface area contributed by atoms with Crippen molar-refractivity contribution in [2.24, 2.45) is 11.8 Å². The van der Waals surface area contributed by atoms with Gasteiger partial charge in [0.1, 0.15) is 5.75 Å². The minimum atomic E-state index is -0.0276. The lowest BCUT2D eigenvalue weighted by Gasteiger charge is -2.31. The van der Waals surface area contributed by atoms with Crippen LogP contribution in [-0.2, 0) is 9.59 Å². The van der Waals surface area contributed by atoms with Gasteiger partial charge in [0.05, 0.1) is 7.11 Å². The van der Waals surface area contributed by atoms with Crippen LogP contribution < -0.4 is 10.1 Å². The van der Waals surface area contributed by atoms with Gasteiger partial charge >= 0.3 is 0 Å². The molecule has 0 unspecified atom stereocenters. The number of benzene rings is 1. The highest BCUT2D eigenvalue weighted by molar-refractivity contribution is 5.92. The standard InChI is InChI=1S/C18H26N2O3/c1-13(2)12-17(21)20-10-8-14(9-11-20)18(22)19-15-4-6-16(23-3)7-5-15/h4-7,13-14H,8-12H2,1-3H3,(H,19,22). The minimum Gasteiger partial charge on any atom is -0.497 e. The van der Waals surface area contributed by atoms with Crippen LogP contribution in [0.1, 0.15) is 33.1 Å². The molecule has 1 N–H and O–H groups in total. The van der Waals surface area contributed by atoms with Crippen LogP contribution in [0.4, 0.5) is 5.69 Å². The number of methoxy groups -OCH3 is 1. The van der Waals surface area contributed by atoms with E-state index in [0.29, 0.717) is 25.4 Å². The first-order chi connectivity index (χ1) is 11.0. The fourth-order valence-electron chi connectivity index (χ4n) is 2.79. The Bertz CT molecular complexity index is 532. The number of carbonyl (C=O) groups excluding carboxylic acids is 2. The summed E-state index contributed by atoms with van der Waals surface area (Å²) in [6, 6.07) is 7.31. The zero-order chi connectivity index (χ0) is 16.8. The van der Waals surface area contributed by atoms with Crippen LogP contribution in [0.2, 0.25) is 0 Å². The van der Waals surface area contributed by atoms with Gasteiger partial charge in [-0.15, -0.1) is 0 Å². The molecule has 0 atom stereocenters. The van der Waals surface area contributed by atoms with Crippen LogP contribution in [0.25, 0.3) is 0 Å². The van der Waals surface area contributed by atoms with E-state index in [1.54, 1.807) is 7.11 Å². The molecule has 1 aromatic carbocycles. The van der Waals surface area contributed by atoms with Gasteiger partial charge in [-0.1, -0.05) is 13.8 Å². The smallest absolute Gasteiger partial charge is 0.227 e. The fraction of sp³-hybridized carbons (Fsp3) is 0.556. The van der Waals surface area contributed by atoms with Gasteiger partial charge in [0.15, 0.2) is 0 Å². The van der Waals surface area contributed by atoms with Crippen molar-refractivity contribution in [3.05, 3.63) is 24.3 Å². The van der Waals surface area contributed by atoms with Gasteiger partial charge in [0.25, 0.3) is 0 Å². The lowest BCUT2D eigenvalue weighted by molar-refractivity contribution is -0.135. The number of likely N-dealkylation sites (tertiary alicyclic amines) is 1. The maximum absolute atomic E-state index is 12.3. The van der Waals surface area contributed by atoms with E-state index in [1.807, 2.05) is 43.0 Å². The number of nitrogens with zero attached hydrogens (tertiary/aromatic N) is 1. The van der Waals surface area contributed by atoms with Gasteiger partial charge in [-0.25, -0.2) is 0 Å². The van der Waals surface area contributed by atoms with Crippen LogP contribution in [0.3, 0.4) is 0 Å². The molecule has 0 aliphatic carbocycles. The summed E-state index contributed by atoms with van der Waals surface area (Å²) in [4.78, 5) is 26.3. The zero-order valence-electron chi connectivity index (χ0n) is 14.2. The lowest BCUT2D eigenvalue weighted by atomic mass is 9.95. The van der Waals surface area contributed by atoms with E-state index in [4.69, 9.17) is 4.74 Å². The van der Waals surface area contributed by atoms with Crippen LogP contribution in [-0.4, -0.2) is 36.9 Å². The van der Waals surface area contributed by atoms with Crippen molar-refractivity contribution in [2.45, 2.75) is 33.1 Å². The van der Waals surface area contributed by atoms with E-state index in [-0.39, 0.29) is 17.7 Å². The molecular weight excluding hydrogens is 292 g/mol. The second kappa shape index (κ2) is 7.99. The maximum Gasteiger partial charge on any atom is 0.227 e. The van der Waals surface area contributed by atoms with Crippen molar-refractivity contribution in [1.29, 1.82) is 0 Å². The van der Waals surface area contributed by atoms with Gasteiger partial charge in [0, 0.05) is 31.1 Å². The molecule has 5 nitrogen and oxygen atoms in total. The van der Waals surface area contributed by atoms with Crippen molar-refractivity contribution in [1.82, 2.24) is 4.90 Å². The van der Waals surface area contributed by atoms with Gasteiger partial charge in [-0.3, -0.25) is 9.59 Å². The molecule has 1 aromatic rings. The Morgan fingerprint density at radius 2 is 1.83 bits per heavy atom. The van der Waals surface area contributed by atoms with Crippen LogP contribution >= 0.6 is 0 Å². The number of piperidine rings is 1. The second-order valence-corrected chi connectivity index (χ2v) is 6.47. The predicted molar refractivity (Wildman–Crippen MR) is 90.4 cm³/mol. The predicted octanol–water partition coefficient (Wildman–Crippen LogP) is 2.92. The monoisotopic (exact) mass is 318 g/mol. The van der Waals surface area contributed by atoms with Crippen molar-refractivity contribution in [2.75, 3.05) is 25.5 Å². The molecule has 1 aliphatic rings. The quantitative estimate of drug-likeness (QED) is 0.908. The Kier molecular flexibility index (Phi) is 6.02. The van der Waals surface area contributed by atoms with Crippen molar-refractivity contribution in [3.8, 4) is 5.75 Å². The van der Waals surface area contributed by atoms with Gasteiger partial charge in [0.2, 0.25) is 11.8 Å². The molecule has 1 aliphatic heterocycles. The first kappa shape index (κ1) is 17.3. The maximum atomic E-state index is 12.3. The van der Waals surface area contributed by atoms with E-state index >= 15 is 0 Å².